The topological polar surface area (TPSA) is 78.5 Å². The molecule has 0 unspecified atom stereocenters. The third-order valence-corrected chi connectivity index (χ3v) is 2.79. The molecule has 84 valence electrons. The first-order valence-corrected chi connectivity index (χ1v) is 5.60. The molecule has 0 aliphatic carbocycles. The van der Waals surface area contributed by atoms with Gasteiger partial charge in [0.15, 0.2) is 5.82 Å². The van der Waals surface area contributed by atoms with E-state index in [1.165, 1.54) is 9.36 Å². The molecular formula is C8H9IN6O. The highest BCUT2D eigenvalue weighted by Gasteiger charge is 2.08. The SMILES string of the molecule is Cc1ncc(I)c(=O)n1Cc1nnn(C)n1. The Balaban J connectivity index is 2.42. The molecule has 2 heterocycles. The number of tetrazole rings is 1. The van der Waals surface area contributed by atoms with E-state index in [9.17, 15) is 4.79 Å². The molecule has 0 bridgehead atoms. The zero-order valence-corrected chi connectivity index (χ0v) is 10.9. The number of nitrogens with zero attached hydrogens (tertiary/aromatic N) is 6. The van der Waals surface area contributed by atoms with Gasteiger partial charge in [0.1, 0.15) is 5.82 Å². The molecule has 0 radical (unpaired) electrons. The molecule has 0 saturated heterocycles. The lowest BCUT2D eigenvalue weighted by molar-refractivity contribution is 0.620. The molecule has 0 aromatic carbocycles. The van der Waals surface area contributed by atoms with Crippen LogP contribution in [0.2, 0.25) is 0 Å². The molecule has 0 amide bonds. The molecule has 0 aliphatic heterocycles. The van der Waals surface area contributed by atoms with Gasteiger partial charge in [-0.25, -0.2) is 4.98 Å². The van der Waals surface area contributed by atoms with Crippen LogP contribution in [0.15, 0.2) is 11.0 Å². The fourth-order valence-corrected chi connectivity index (χ4v) is 1.70. The van der Waals surface area contributed by atoms with E-state index >= 15 is 0 Å². The van der Waals surface area contributed by atoms with Gasteiger partial charge in [-0.1, -0.05) is 0 Å². The van der Waals surface area contributed by atoms with Crippen molar-refractivity contribution in [3.63, 3.8) is 0 Å². The normalized spacial score (nSPS) is 10.7. The van der Waals surface area contributed by atoms with Crippen molar-refractivity contribution in [2.75, 3.05) is 0 Å². The maximum absolute atomic E-state index is 11.8. The Morgan fingerprint density at radius 3 is 2.88 bits per heavy atom. The monoisotopic (exact) mass is 332 g/mol. The Bertz CT molecular complexity index is 574. The molecule has 0 N–H and O–H groups in total. The summed E-state index contributed by atoms with van der Waals surface area (Å²) in [5.41, 5.74) is -0.0828. The summed E-state index contributed by atoms with van der Waals surface area (Å²) in [4.78, 5) is 17.3. The van der Waals surface area contributed by atoms with Gasteiger partial charge < -0.3 is 0 Å². The van der Waals surface area contributed by atoms with E-state index in [-0.39, 0.29) is 5.56 Å². The van der Waals surface area contributed by atoms with Crippen LogP contribution >= 0.6 is 22.6 Å². The maximum atomic E-state index is 11.8. The highest BCUT2D eigenvalue weighted by molar-refractivity contribution is 14.1. The number of aryl methyl sites for hydroxylation is 2. The summed E-state index contributed by atoms with van der Waals surface area (Å²) in [7, 11) is 1.68. The first-order valence-electron chi connectivity index (χ1n) is 4.53. The summed E-state index contributed by atoms with van der Waals surface area (Å²) in [5, 5.41) is 11.6. The van der Waals surface area contributed by atoms with Crippen molar-refractivity contribution in [3.8, 4) is 0 Å². The summed E-state index contributed by atoms with van der Waals surface area (Å²) in [6.07, 6.45) is 1.55. The van der Waals surface area contributed by atoms with E-state index in [1.54, 1.807) is 20.2 Å². The van der Waals surface area contributed by atoms with Crippen LogP contribution in [0.4, 0.5) is 0 Å². The van der Waals surface area contributed by atoms with Crippen LogP contribution < -0.4 is 5.56 Å². The molecule has 0 spiro atoms. The zero-order valence-electron chi connectivity index (χ0n) is 8.75. The average molecular weight is 332 g/mol. The second kappa shape index (κ2) is 4.28. The third kappa shape index (κ3) is 2.10. The number of halogens is 1. The van der Waals surface area contributed by atoms with Crippen LogP contribution in [0.3, 0.4) is 0 Å². The van der Waals surface area contributed by atoms with Crippen LogP contribution in [-0.4, -0.2) is 29.8 Å². The Labute approximate surface area is 105 Å². The van der Waals surface area contributed by atoms with Gasteiger partial charge in [-0.15, -0.1) is 10.2 Å². The molecule has 0 aliphatic rings. The van der Waals surface area contributed by atoms with Crippen molar-refractivity contribution in [1.82, 2.24) is 29.8 Å². The molecule has 2 aromatic heterocycles. The lowest BCUT2D eigenvalue weighted by atomic mass is 10.5. The van der Waals surface area contributed by atoms with Crippen molar-refractivity contribution in [2.45, 2.75) is 13.5 Å². The van der Waals surface area contributed by atoms with E-state index < -0.39 is 0 Å². The van der Waals surface area contributed by atoms with Crippen LogP contribution in [0.5, 0.6) is 0 Å². The second-order valence-corrected chi connectivity index (χ2v) is 4.40. The fraction of sp³-hybridized carbons (Fsp3) is 0.375. The van der Waals surface area contributed by atoms with Crippen LogP contribution in [-0.2, 0) is 13.6 Å². The van der Waals surface area contributed by atoms with Gasteiger partial charge in [0.25, 0.3) is 5.56 Å². The standard InChI is InChI=1S/C8H9IN6O/c1-5-10-3-6(9)8(16)15(5)4-7-11-13-14(2)12-7/h3H,4H2,1-2H3. The number of hydrogen-bond donors (Lipinski definition) is 0. The highest BCUT2D eigenvalue weighted by atomic mass is 127. The van der Waals surface area contributed by atoms with Crippen LogP contribution in [0.25, 0.3) is 0 Å². The van der Waals surface area contributed by atoms with Crippen molar-refractivity contribution in [1.29, 1.82) is 0 Å². The largest absolute Gasteiger partial charge is 0.288 e. The molecule has 16 heavy (non-hydrogen) atoms. The minimum atomic E-state index is -0.0828. The van der Waals surface area contributed by atoms with Crippen molar-refractivity contribution in [2.24, 2.45) is 7.05 Å². The van der Waals surface area contributed by atoms with Crippen molar-refractivity contribution >= 4 is 22.6 Å². The summed E-state index contributed by atoms with van der Waals surface area (Å²) in [6.45, 7) is 2.07. The minimum absolute atomic E-state index is 0.0828. The lowest BCUT2D eigenvalue weighted by Crippen LogP contribution is -2.26. The maximum Gasteiger partial charge on any atom is 0.267 e. The number of rotatable bonds is 2. The Kier molecular flexibility index (Phi) is 2.99. The average Bonchev–Trinajstić information content (AvgIpc) is 2.65. The van der Waals surface area contributed by atoms with E-state index in [2.05, 4.69) is 20.4 Å². The van der Waals surface area contributed by atoms with E-state index in [1.807, 2.05) is 22.6 Å². The molecule has 2 aromatic rings. The van der Waals surface area contributed by atoms with E-state index in [0.717, 1.165) is 0 Å². The lowest BCUT2D eigenvalue weighted by Gasteiger charge is -2.05. The number of hydrogen-bond acceptors (Lipinski definition) is 5. The van der Waals surface area contributed by atoms with Gasteiger partial charge in [0, 0.05) is 6.20 Å². The van der Waals surface area contributed by atoms with Gasteiger partial charge >= 0.3 is 0 Å². The summed E-state index contributed by atoms with van der Waals surface area (Å²) in [5.74, 6) is 1.13. The smallest absolute Gasteiger partial charge is 0.267 e. The van der Waals surface area contributed by atoms with E-state index in [4.69, 9.17) is 0 Å². The molecule has 2 rings (SSSR count). The Morgan fingerprint density at radius 2 is 2.25 bits per heavy atom. The quantitative estimate of drug-likeness (QED) is 0.708. The first-order chi connectivity index (χ1) is 7.58. The minimum Gasteiger partial charge on any atom is -0.288 e. The van der Waals surface area contributed by atoms with E-state index in [0.29, 0.717) is 21.8 Å². The van der Waals surface area contributed by atoms with Gasteiger partial charge in [0.05, 0.1) is 17.2 Å². The first kappa shape index (κ1) is 11.2. The van der Waals surface area contributed by atoms with Crippen LogP contribution in [0, 0.1) is 10.5 Å². The summed E-state index contributed by atoms with van der Waals surface area (Å²) in [6, 6.07) is 0. The van der Waals surface area contributed by atoms with Gasteiger partial charge in [-0.2, -0.15) is 4.80 Å². The Morgan fingerprint density at radius 1 is 1.50 bits per heavy atom. The van der Waals surface area contributed by atoms with Crippen molar-refractivity contribution in [3.05, 3.63) is 31.8 Å². The van der Waals surface area contributed by atoms with Gasteiger partial charge in [0.2, 0.25) is 0 Å². The number of aromatic nitrogens is 6. The molecular weight excluding hydrogens is 323 g/mol. The molecule has 8 heteroatoms. The molecule has 0 saturated carbocycles. The fourth-order valence-electron chi connectivity index (χ4n) is 1.27. The third-order valence-electron chi connectivity index (χ3n) is 2.05. The second-order valence-electron chi connectivity index (χ2n) is 3.24. The summed E-state index contributed by atoms with van der Waals surface area (Å²) >= 11 is 1.96. The molecule has 7 nitrogen and oxygen atoms in total. The Hall–Kier alpha value is -1.32. The molecule has 0 fully saturated rings. The molecule has 0 atom stereocenters. The van der Waals surface area contributed by atoms with Gasteiger partial charge in [-0.3, -0.25) is 9.36 Å². The predicted molar refractivity (Wildman–Crippen MR) is 63.9 cm³/mol. The highest BCUT2D eigenvalue weighted by Crippen LogP contribution is 1.99. The van der Waals surface area contributed by atoms with Crippen LogP contribution in [0.1, 0.15) is 11.6 Å². The van der Waals surface area contributed by atoms with Crippen molar-refractivity contribution < 1.29 is 0 Å². The predicted octanol–water partition coefficient (Wildman–Crippen LogP) is -0.272. The van der Waals surface area contributed by atoms with Gasteiger partial charge in [-0.05, 0) is 34.7 Å². The zero-order chi connectivity index (χ0) is 11.7. The summed E-state index contributed by atoms with van der Waals surface area (Å²) < 4.78 is 2.10.